The normalized spacial score (nSPS) is 25.2. The van der Waals surface area contributed by atoms with Gasteiger partial charge in [-0.3, -0.25) is 0 Å². The van der Waals surface area contributed by atoms with Crippen LogP contribution in [0.25, 0.3) is 0 Å². The lowest BCUT2D eigenvalue weighted by atomic mass is 10.0. The fourth-order valence-corrected chi connectivity index (χ4v) is 2.42. The number of hydrogen-bond acceptors (Lipinski definition) is 3. The van der Waals surface area contributed by atoms with Crippen LogP contribution in [0.2, 0.25) is 0 Å². The van der Waals surface area contributed by atoms with Crippen molar-refractivity contribution in [1.82, 2.24) is 0 Å². The van der Waals surface area contributed by atoms with Crippen LogP contribution in [0, 0.1) is 5.41 Å². The van der Waals surface area contributed by atoms with Gasteiger partial charge >= 0.3 is 5.43 Å². The fraction of sp³-hybridized carbons (Fsp3) is 0.462. The Bertz CT molecular complexity index is 425. The molecular weight excluding hydrogens is 240 g/mol. The summed E-state index contributed by atoms with van der Waals surface area (Å²) in [6.45, 7) is 4.12. The second kappa shape index (κ2) is 4.22. The standard InChI is InChI=1S/C13H15ClO3/c1-13(2)10(11(13)17-12(14)15)8-4-6-9(16-3)7-5-8/h4-7,10-11H,1-3H3. The summed E-state index contributed by atoms with van der Waals surface area (Å²) < 4.78 is 10.2. The molecule has 1 fully saturated rings. The molecule has 1 aromatic rings. The maximum atomic E-state index is 10.8. The quantitative estimate of drug-likeness (QED) is 0.774. The first-order valence-electron chi connectivity index (χ1n) is 5.47. The molecule has 2 unspecified atom stereocenters. The van der Waals surface area contributed by atoms with Gasteiger partial charge in [-0.05, 0) is 17.7 Å². The third-order valence-electron chi connectivity index (χ3n) is 3.42. The van der Waals surface area contributed by atoms with Crippen molar-refractivity contribution in [1.29, 1.82) is 0 Å². The average Bonchev–Trinajstić information content (AvgIpc) is 2.80. The van der Waals surface area contributed by atoms with Crippen LogP contribution in [-0.4, -0.2) is 18.6 Å². The SMILES string of the molecule is COc1ccc(C2C(OC(=O)Cl)C2(C)C)cc1. The number of carbonyl (C=O) groups excluding carboxylic acids is 1. The van der Waals surface area contributed by atoms with E-state index in [1.165, 1.54) is 0 Å². The van der Waals surface area contributed by atoms with Gasteiger partial charge in [-0.15, -0.1) is 0 Å². The first-order chi connectivity index (χ1) is 7.96. The number of halogens is 1. The number of benzene rings is 1. The van der Waals surface area contributed by atoms with E-state index >= 15 is 0 Å². The highest BCUT2D eigenvalue weighted by Crippen LogP contribution is 2.60. The predicted molar refractivity (Wildman–Crippen MR) is 65.6 cm³/mol. The number of methoxy groups -OCH3 is 1. The van der Waals surface area contributed by atoms with E-state index in [9.17, 15) is 4.79 Å². The first-order valence-corrected chi connectivity index (χ1v) is 5.84. The highest BCUT2D eigenvalue weighted by atomic mass is 35.5. The molecule has 0 spiro atoms. The molecule has 0 N–H and O–H groups in total. The maximum absolute atomic E-state index is 10.8. The van der Waals surface area contributed by atoms with Gasteiger partial charge < -0.3 is 9.47 Å². The minimum atomic E-state index is -0.737. The Morgan fingerprint density at radius 1 is 1.29 bits per heavy atom. The van der Waals surface area contributed by atoms with Crippen molar-refractivity contribution in [2.45, 2.75) is 25.9 Å². The zero-order chi connectivity index (χ0) is 12.6. The number of rotatable bonds is 3. The van der Waals surface area contributed by atoms with Gasteiger partial charge in [-0.1, -0.05) is 26.0 Å². The van der Waals surface area contributed by atoms with Crippen LogP contribution in [0.4, 0.5) is 4.79 Å². The number of ether oxygens (including phenoxy) is 2. The summed E-state index contributed by atoms with van der Waals surface area (Å²) >= 11 is 5.26. The number of hydrogen-bond donors (Lipinski definition) is 0. The molecule has 3 nitrogen and oxygen atoms in total. The minimum Gasteiger partial charge on any atom is -0.497 e. The van der Waals surface area contributed by atoms with Crippen molar-refractivity contribution >= 4 is 17.0 Å². The van der Waals surface area contributed by atoms with Crippen LogP contribution < -0.4 is 4.74 Å². The molecule has 0 bridgehead atoms. The molecule has 0 aromatic heterocycles. The van der Waals surface area contributed by atoms with E-state index in [-0.39, 0.29) is 17.4 Å². The van der Waals surface area contributed by atoms with Crippen molar-refractivity contribution in [3.8, 4) is 5.75 Å². The lowest BCUT2D eigenvalue weighted by molar-refractivity contribution is 0.150. The molecule has 0 amide bonds. The lowest BCUT2D eigenvalue weighted by Crippen LogP contribution is -2.03. The van der Waals surface area contributed by atoms with Crippen molar-refractivity contribution in [3.63, 3.8) is 0 Å². The summed E-state index contributed by atoms with van der Waals surface area (Å²) in [5.74, 6) is 1.02. The summed E-state index contributed by atoms with van der Waals surface area (Å²) in [5, 5.41) is 0. The van der Waals surface area contributed by atoms with Crippen LogP contribution in [0.15, 0.2) is 24.3 Å². The largest absolute Gasteiger partial charge is 0.497 e. The summed E-state index contributed by atoms with van der Waals surface area (Å²) in [4.78, 5) is 10.8. The van der Waals surface area contributed by atoms with Crippen LogP contribution in [-0.2, 0) is 4.74 Å². The monoisotopic (exact) mass is 254 g/mol. The zero-order valence-electron chi connectivity index (χ0n) is 10.1. The van der Waals surface area contributed by atoms with Gasteiger partial charge in [0.1, 0.15) is 11.9 Å². The molecule has 1 aromatic carbocycles. The summed E-state index contributed by atoms with van der Waals surface area (Å²) in [5.41, 5.74) is 0.344. The zero-order valence-corrected chi connectivity index (χ0v) is 10.8. The molecule has 0 heterocycles. The van der Waals surface area contributed by atoms with Gasteiger partial charge in [0.2, 0.25) is 0 Å². The van der Waals surface area contributed by atoms with Crippen molar-refractivity contribution < 1.29 is 14.3 Å². The van der Waals surface area contributed by atoms with Crippen LogP contribution in [0.1, 0.15) is 25.3 Å². The fourth-order valence-electron chi connectivity index (χ4n) is 2.33. The Labute approximate surface area is 106 Å². The minimum absolute atomic E-state index is 0.0564. The maximum Gasteiger partial charge on any atom is 0.404 e. The van der Waals surface area contributed by atoms with Gasteiger partial charge in [-0.25, -0.2) is 4.79 Å². The molecule has 17 heavy (non-hydrogen) atoms. The molecule has 92 valence electrons. The Balaban J connectivity index is 2.15. The Hall–Kier alpha value is -1.22. The molecule has 2 atom stereocenters. The van der Waals surface area contributed by atoms with Crippen molar-refractivity contribution in [2.24, 2.45) is 5.41 Å². The second-order valence-electron chi connectivity index (χ2n) is 4.85. The van der Waals surface area contributed by atoms with E-state index in [0.29, 0.717) is 0 Å². The molecule has 0 saturated heterocycles. The molecule has 1 aliphatic rings. The highest BCUT2D eigenvalue weighted by Gasteiger charge is 2.61. The average molecular weight is 255 g/mol. The van der Waals surface area contributed by atoms with E-state index in [2.05, 4.69) is 13.8 Å². The summed E-state index contributed by atoms with van der Waals surface area (Å²) in [6, 6.07) is 7.80. The van der Waals surface area contributed by atoms with E-state index < -0.39 is 5.43 Å². The molecule has 1 saturated carbocycles. The lowest BCUT2D eigenvalue weighted by Gasteiger charge is -2.03. The van der Waals surface area contributed by atoms with Gasteiger partial charge in [-0.2, -0.15) is 0 Å². The van der Waals surface area contributed by atoms with Crippen molar-refractivity contribution in [3.05, 3.63) is 29.8 Å². The molecule has 0 radical (unpaired) electrons. The van der Waals surface area contributed by atoms with E-state index in [1.54, 1.807) is 7.11 Å². The Morgan fingerprint density at radius 3 is 2.35 bits per heavy atom. The topological polar surface area (TPSA) is 35.5 Å². The summed E-state index contributed by atoms with van der Waals surface area (Å²) in [6.07, 6.45) is -0.138. The Morgan fingerprint density at radius 2 is 1.88 bits per heavy atom. The molecular formula is C13H15ClO3. The van der Waals surface area contributed by atoms with Gasteiger partial charge in [0, 0.05) is 22.9 Å². The van der Waals surface area contributed by atoms with Gasteiger partial charge in [0.15, 0.2) is 0 Å². The molecule has 2 rings (SSSR count). The molecule has 0 aliphatic heterocycles. The molecule has 4 heteroatoms. The molecule has 1 aliphatic carbocycles. The second-order valence-corrected chi connectivity index (χ2v) is 5.16. The van der Waals surface area contributed by atoms with Crippen LogP contribution >= 0.6 is 11.6 Å². The van der Waals surface area contributed by atoms with Gasteiger partial charge in [0.25, 0.3) is 0 Å². The Kier molecular flexibility index (Phi) is 3.04. The van der Waals surface area contributed by atoms with Crippen LogP contribution in [0.5, 0.6) is 5.75 Å². The third-order valence-corrected chi connectivity index (χ3v) is 3.51. The highest BCUT2D eigenvalue weighted by molar-refractivity contribution is 6.61. The van der Waals surface area contributed by atoms with Gasteiger partial charge in [0.05, 0.1) is 7.11 Å². The number of carbonyl (C=O) groups is 1. The predicted octanol–water partition coefficient (Wildman–Crippen LogP) is 3.56. The van der Waals surface area contributed by atoms with E-state index in [1.807, 2.05) is 24.3 Å². The van der Waals surface area contributed by atoms with E-state index in [4.69, 9.17) is 21.1 Å². The smallest absolute Gasteiger partial charge is 0.404 e. The van der Waals surface area contributed by atoms with Crippen molar-refractivity contribution in [2.75, 3.05) is 7.11 Å². The third kappa shape index (κ3) is 2.25. The first kappa shape index (κ1) is 12.2. The van der Waals surface area contributed by atoms with Crippen LogP contribution in [0.3, 0.4) is 0 Å². The van der Waals surface area contributed by atoms with E-state index in [0.717, 1.165) is 11.3 Å². The summed E-state index contributed by atoms with van der Waals surface area (Å²) in [7, 11) is 1.63.